The molecule has 4 atom stereocenters. The number of aliphatic hydroxyl groups excluding tert-OH is 1. The molecule has 2 fully saturated rings. The molecule has 0 radical (unpaired) electrons. The fourth-order valence-corrected chi connectivity index (χ4v) is 4.72. The molecule has 2 heterocycles. The van der Waals surface area contributed by atoms with Gasteiger partial charge in [-0.25, -0.2) is 0 Å². The Labute approximate surface area is 144 Å². The van der Waals surface area contributed by atoms with Gasteiger partial charge in [-0.05, 0) is 31.4 Å². The second-order valence-corrected chi connectivity index (χ2v) is 7.71. The van der Waals surface area contributed by atoms with E-state index in [-0.39, 0.29) is 24.2 Å². The summed E-state index contributed by atoms with van der Waals surface area (Å²) in [6, 6.07) is 9.92. The van der Waals surface area contributed by atoms with E-state index in [4.69, 9.17) is 4.74 Å². The Hall–Kier alpha value is -1.39. The largest absolute Gasteiger partial charge is 0.462 e. The van der Waals surface area contributed by atoms with Crippen molar-refractivity contribution in [2.45, 2.75) is 63.1 Å². The number of benzene rings is 1. The van der Waals surface area contributed by atoms with Gasteiger partial charge in [0.2, 0.25) is 0 Å². The molecule has 0 saturated carbocycles. The number of fused-ring (bicyclic) bond motifs is 2. The number of aliphatic hydroxyl groups is 1. The molecule has 2 aliphatic rings. The van der Waals surface area contributed by atoms with E-state index in [2.05, 4.69) is 25.8 Å². The smallest absolute Gasteiger partial charge is 0.316 e. The minimum atomic E-state index is -0.585. The SMILES string of the molecule is CC(C)[C@@]12CC[C@@H](C[C@@H](OC(=O)C(CO)c3ccccc3)C1)N2C. The summed E-state index contributed by atoms with van der Waals surface area (Å²) in [5, 5.41) is 9.67. The first kappa shape index (κ1) is 17.4. The molecule has 1 N–H and O–H groups in total. The van der Waals surface area contributed by atoms with Gasteiger partial charge in [0.1, 0.15) is 12.0 Å². The topological polar surface area (TPSA) is 49.8 Å². The molecule has 0 aromatic heterocycles. The van der Waals surface area contributed by atoms with Gasteiger partial charge < -0.3 is 9.84 Å². The van der Waals surface area contributed by atoms with Crippen molar-refractivity contribution in [3.05, 3.63) is 35.9 Å². The Balaban J connectivity index is 1.71. The quantitative estimate of drug-likeness (QED) is 0.843. The summed E-state index contributed by atoms with van der Waals surface area (Å²) >= 11 is 0. The molecule has 0 aliphatic carbocycles. The Bertz CT molecular complexity index is 574. The fraction of sp³-hybridized carbons (Fsp3) is 0.650. The van der Waals surface area contributed by atoms with Crippen LogP contribution in [0.2, 0.25) is 0 Å². The average Bonchev–Trinajstić information content (AvgIpc) is 2.76. The highest BCUT2D eigenvalue weighted by molar-refractivity contribution is 5.78. The molecule has 2 aliphatic heterocycles. The van der Waals surface area contributed by atoms with Gasteiger partial charge in [0.15, 0.2) is 0 Å². The molecule has 132 valence electrons. The first-order valence-electron chi connectivity index (χ1n) is 9.07. The summed E-state index contributed by atoms with van der Waals surface area (Å²) in [5.41, 5.74) is 0.967. The van der Waals surface area contributed by atoms with Crippen molar-refractivity contribution in [2.24, 2.45) is 5.92 Å². The van der Waals surface area contributed by atoms with E-state index in [1.165, 1.54) is 12.8 Å². The van der Waals surface area contributed by atoms with Crippen molar-refractivity contribution in [3.63, 3.8) is 0 Å². The molecule has 4 nitrogen and oxygen atoms in total. The van der Waals surface area contributed by atoms with Crippen molar-refractivity contribution >= 4 is 5.97 Å². The van der Waals surface area contributed by atoms with E-state index < -0.39 is 5.92 Å². The molecular formula is C20H29NO3. The number of carbonyl (C=O) groups is 1. The van der Waals surface area contributed by atoms with Gasteiger partial charge in [-0.15, -0.1) is 0 Å². The van der Waals surface area contributed by atoms with Crippen LogP contribution in [0.3, 0.4) is 0 Å². The van der Waals surface area contributed by atoms with Gasteiger partial charge in [-0.3, -0.25) is 9.69 Å². The first-order chi connectivity index (χ1) is 11.5. The number of carbonyl (C=O) groups excluding carboxylic acids is 1. The Morgan fingerprint density at radius 1 is 1.38 bits per heavy atom. The Kier molecular flexibility index (Phi) is 4.97. The summed E-state index contributed by atoms with van der Waals surface area (Å²) in [6.45, 7) is 4.32. The van der Waals surface area contributed by atoms with Crippen molar-refractivity contribution in [3.8, 4) is 0 Å². The number of hydrogen-bond acceptors (Lipinski definition) is 4. The second kappa shape index (κ2) is 6.85. The Morgan fingerprint density at radius 3 is 2.71 bits per heavy atom. The van der Waals surface area contributed by atoms with Crippen LogP contribution in [0.15, 0.2) is 30.3 Å². The summed E-state index contributed by atoms with van der Waals surface area (Å²) in [5.74, 6) is -0.341. The fourth-order valence-electron chi connectivity index (χ4n) is 4.72. The molecule has 2 bridgehead atoms. The van der Waals surface area contributed by atoms with Gasteiger partial charge in [0.25, 0.3) is 0 Å². The lowest BCUT2D eigenvalue weighted by molar-refractivity contribution is -0.158. The Morgan fingerprint density at radius 2 is 2.08 bits per heavy atom. The molecule has 1 aromatic carbocycles. The minimum absolute atomic E-state index is 0.0404. The summed E-state index contributed by atoms with van der Waals surface area (Å²) in [4.78, 5) is 15.2. The van der Waals surface area contributed by atoms with Crippen LogP contribution in [-0.4, -0.2) is 47.3 Å². The summed E-state index contributed by atoms with van der Waals surface area (Å²) in [6.07, 6.45) is 4.13. The highest BCUT2D eigenvalue weighted by Crippen LogP contribution is 2.48. The van der Waals surface area contributed by atoms with Gasteiger partial charge in [-0.2, -0.15) is 0 Å². The normalized spacial score (nSPS) is 31.2. The van der Waals surface area contributed by atoms with Gasteiger partial charge in [0.05, 0.1) is 6.61 Å². The van der Waals surface area contributed by atoms with Crippen molar-refractivity contribution in [1.82, 2.24) is 4.90 Å². The van der Waals surface area contributed by atoms with Crippen LogP contribution in [0.25, 0.3) is 0 Å². The molecular weight excluding hydrogens is 302 g/mol. The van der Waals surface area contributed by atoms with Gasteiger partial charge >= 0.3 is 5.97 Å². The highest BCUT2D eigenvalue weighted by atomic mass is 16.5. The maximum absolute atomic E-state index is 12.6. The lowest BCUT2D eigenvalue weighted by atomic mass is 9.78. The predicted octanol–water partition coefficient (Wildman–Crippen LogP) is 2.96. The number of hydrogen-bond donors (Lipinski definition) is 1. The second-order valence-electron chi connectivity index (χ2n) is 7.71. The number of rotatable bonds is 5. The van der Waals surface area contributed by atoms with Crippen LogP contribution in [0.4, 0.5) is 0 Å². The van der Waals surface area contributed by atoms with Crippen molar-refractivity contribution in [1.29, 1.82) is 0 Å². The van der Waals surface area contributed by atoms with Crippen LogP contribution in [-0.2, 0) is 9.53 Å². The van der Waals surface area contributed by atoms with Gasteiger partial charge in [-0.1, -0.05) is 44.2 Å². The van der Waals surface area contributed by atoms with E-state index in [9.17, 15) is 9.90 Å². The van der Waals surface area contributed by atoms with E-state index in [1.807, 2.05) is 30.3 Å². The third kappa shape index (κ3) is 2.98. The highest BCUT2D eigenvalue weighted by Gasteiger charge is 2.52. The molecule has 0 spiro atoms. The van der Waals surface area contributed by atoms with Crippen molar-refractivity contribution < 1.29 is 14.6 Å². The molecule has 1 unspecified atom stereocenters. The molecule has 4 heteroatoms. The lowest BCUT2D eigenvalue weighted by Crippen LogP contribution is -2.55. The van der Waals surface area contributed by atoms with E-state index >= 15 is 0 Å². The molecule has 0 amide bonds. The summed E-state index contributed by atoms with van der Waals surface area (Å²) in [7, 11) is 2.22. The van der Waals surface area contributed by atoms with Crippen LogP contribution in [0.1, 0.15) is 51.0 Å². The summed E-state index contributed by atoms with van der Waals surface area (Å²) < 4.78 is 5.88. The monoisotopic (exact) mass is 331 g/mol. The third-order valence-corrected chi connectivity index (χ3v) is 6.30. The zero-order chi connectivity index (χ0) is 17.3. The van der Waals surface area contributed by atoms with E-state index in [0.717, 1.165) is 18.4 Å². The number of esters is 1. The molecule has 2 saturated heterocycles. The standard InChI is InChI=1S/C20H29NO3/c1-14(2)20-10-9-16(21(20)3)11-17(12-20)24-19(23)18(13-22)15-7-5-4-6-8-15/h4-8,14,16-18,22H,9-13H2,1-3H3/t16-,17+,18?,20+/m0/s1. The zero-order valence-corrected chi connectivity index (χ0v) is 14.9. The lowest BCUT2D eigenvalue weighted by Gasteiger charge is -2.48. The van der Waals surface area contributed by atoms with Crippen LogP contribution >= 0.6 is 0 Å². The van der Waals surface area contributed by atoms with Crippen LogP contribution in [0, 0.1) is 5.92 Å². The van der Waals surface area contributed by atoms with E-state index in [1.54, 1.807) is 0 Å². The molecule has 24 heavy (non-hydrogen) atoms. The molecule has 1 aromatic rings. The van der Waals surface area contributed by atoms with E-state index in [0.29, 0.717) is 12.0 Å². The van der Waals surface area contributed by atoms with Gasteiger partial charge in [0, 0.05) is 24.4 Å². The number of nitrogens with zero attached hydrogens (tertiary/aromatic N) is 1. The maximum Gasteiger partial charge on any atom is 0.316 e. The van der Waals surface area contributed by atoms with Crippen LogP contribution in [0.5, 0.6) is 0 Å². The first-order valence-corrected chi connectivity index (χ1v) is 9.07. The minimum Gasteiger partial charge on any atom is -0.462 e. The zero-order valence-electron chi connectivity index (χ0n) is 14.9. The average molecular weight is 331 g/mol. The number of piperidine rings is 1. The van der Waals surface area contributed by atoms with Crippen LogP contribution < -0.4 is 0 Å². The maximum atomic E-state index is 12.6. The molecule has 3 rings (SSSR count). The third-order valence-electron chi connectivity index (χ3n) is 6.30. The number of ether oxygens (including phenoxy) is 1. The predicted molar refractivity (Wildman–Crippen MR) is 93.7 cm³/mol. The van der Waals surface area contributed by atoms with Crippen molar-refractivity contribution in [2.75, 3.05) is 13.7 Å².